The number of hydrogen-bond donors (Lipinski definition) is 4. The molecule has 4 aromatic rings. The fourth-order valence-corrected chi connectivity index (χ4v) is 6.14. The van der Waals surface area contributed by atoms with Crippen molar-refractivity contribution < 1.29 is 14.9 Å². The summed E-state index contributed by atoms with van der Waals surface area (Å²) in [7, 11) is 0. The maximum atomic E-state index is 10.9. The van der Waals surface area contributed by atoms with Gasteiger partial charge in [0.2, 0.25) is 0 Å². The number of anilines is 1. The van der Waals surface area contributed by atoms with E-state index in [1.165, 1.54) is 11.9 Å². The number of H-pyrrole nitrogens is 1. The highest BCUT2D eigenvalue weighted by molar-refractivity contribution is 5.86. The predicted octanol–water partition coefficient (Wildman–Crippen LogP) is 2.94. The molecule has 1 saturated carbocycles. The van der Waals surface area contributed by atoms with Crippen LogP contribution < -0.4 is 5.73 Å². The van der Waals surface area contributed by atoms with Gasteiger partial charge in [0.15, 0.2) is 6.23 Å². The van der Waals surface area contributed by atoms with Crippen molar-refractivity contribution in [1.29, 1.82) is 0 Å². The van der Waals surface area contributed by atoms with Gasteiger partial charge in [-0.3, -0.25) is 4.90 Å². The second kappa shape index (κ2) is 9.92. The molecule has 10 heteroatoms. The number of aromatic amines is 1. The summed E-state index contributed by atoms with van der Waals surface area (Å²) in [6.45, 7) is 7.01. The summed E-state index contributed by atoms with van der Waals surface area (Å²) in [6, 6.07) is 8.86. The van der Waals surface area contributed by atoms with Gasteiger partial charge in [-0.05, 0) is 69.7 Å². The summed E-state index contributed by atoms with van der Waals surface area (Å²) in [5.74, 6) is 2.08. The Morgan fingerprint density at radius 3 is 2.79 bits per heavy atom. The van der Waals surface area contributed by atoms with Crippen LogP contribution in [0.5, 0.6) is 0 Å². The number of benzene rings is 1. The third-order valence-corrected chi connectivity index (χ3v) is 8.36. The number of aromatic nitrogens is 5. The molecular weight excluding hydrogens is 482 g/mol. The smallest absolute Gasteiger partial charge is 0.164 e. The number of ether oxygens (including phenoxy) is 1. The molecule has 10 nitrogen and oxygen atoms in total. The molecule has 0 spiro atoms. The van der Waals surface area contributed by atoms with Crippen molar-refractivity contribution in [2.24, 2.45) is 5.92 Å². The van der Waals surface area contributed by atoms with Crippen molar-refractivity contribution in [3.05, 3.63) is 48.2 Å². The normalized spacial score (nSPS) is 27.7. The minimum Gasteiger partial charge on any atom is -0.387 e. The zero-order valence-electron chi connectivity index (χ0n) is 22.2. The Balaban J connectivity index is 1.07. The van der Waals surface area contributed by atoms with Gasteiger partial charge in [-0.25, -0.2) is 15.0 Å². The van der Waals surface area contributed by atoms with E-state index in [0.29, 0.717) is 41.4 Å². The largest absolute Gasteiger partial charge is 0.387 e. The van der Waals surface area contributed by atoms with Crippen LogP contribution in [0.15, 0.2) is 36.8 Å². The first-order valence-electron chi connectivity index (χ1n) is 13.6. The molecule has 0 amide bonds. The molecule has 0 unspecified atom stereocenters. The number of fused-ring (bicyclic) bond motifs is 2. The van der Waals surface area contributed by atoms with Crippen molar-refractivity contribution in [1.82, 2.24) is 29.4 Å². The van der Waals surface area contributed by atoms with Crippen LogP contribution in [0.2, 0.25) is 0 Å². The summed E-state index contributed by atoms with van der Waals surface area (Å²) in [5, 5.41) is 22.5. The lowest BCUT2D eigenvalue weighted by molar-refractivity contribution is -0.0618. The number of aliphatic hydroxyl groups is 2. The van der Waals surface area contributed by atoms with Crippen LogP contribution in [0.25, 0.3) is 22.1 Å². The number of hydrogen-bond acceptors (Lipinski definition) is 8. The van der Waals surface area contributed by atoms with Crippen LogP contribution in [0.4, 0.5) is 5.82 Å². The van der Waals surface area contributed by atoms with Gasteiger partial charge in [0.1, 0.15) is 41.9 Å². The van der Waals surface area contributed by atoms with E-state index in [2.05, 4.69) is 58.8 Å². The minimum atomic E-state index is -1.07. The SMILES string of the molecule is Cc1ccc2nc(CCC3CC(N(C[C@H]4O[C@@H](n5ccc6c(N)ncnc65)[C@H](O)[C@@H]4O)C(C)C)C3)[nH]c2c1. The Hall–Kier alpha value is -3.05. The fourth-order valence-electron chi connectivity index (χ4n) is 6.14. The van der Waals surface area contributed by atoms with Crippen molar-refractivity contribution in [3.8, 4) is 0 Å². The van der Waals surface area contributed by atoms with E-state index in [1.54, 1.807) is 10.8 Å². The van der Waals surface area contributed by atoms with Crippen LogP contribution in [0.3, 0.4) is 0 Å². The van der Waals surface area contributed by atoms with E-state index < -0.39 is 24.5 Å². The first-order valence-corrected chi connectivity index (χ1v) is 13.6. The average Bonchev–Trinajstić information content (AvgIpc) is 3.54. The molecule has 202 valence electrons. The summed E-state index contributed by atoms with van der Waals surface area (Å²) in [6.07, 6.45) is 4.15. The number of rotatable bonds is 8. The number of nitrogens with two attached hydrogens (primary N) is 1. The average molecular weight is 520 g/mol. The van der Waals surface area contributed by atoms with Gasteiger partial charge in [-0.2, -0.15) is 0 Å². The van der Waals surface area contributed by atoms with Gasteiger partial charge in [0.25, 0.3) is 0 Å². The molecule has 2 fully saturated rings. The molecule has 0 radical (unpaired) electrons. The zero-order valence-corrected chi connectivity index (χ0v) is 22.2. The van der Waals surface area contributed by atoms with Crippen LogP contribution in [0.1, 0.15) is 50.7 Å². The van der Waals surface area contributed by atoms with Gasteiger partial charge >= 0.3 is 0 Å². The fraction of sp³-hybridized carbons (Fsp3) is 0.536. The molecule has 1 aliphatic heterocycles. The second-order valence-electron chi connectivity index (χ2n) is 11.3. The molecule has 1 aromatic carbocycles. The lowest BCUT2D eigenvalue weighted by Crippen LogP contribution is -2.52. The highest BCUT2D eigenvalue weighted by Gasteiger charge is 2.46. The summed E-state index contributed by atoms with van der Waals surface area (Å²) in [5.41, 5.74) is 9.92. The molecule has 38 heavy (non-hydrogen) atoms. The molecule has 0 bridgehead atoms. The number of aryl methyl sites for hydroxylation is 2. The Morgan fingerprint density at radius 1 is 1.18 bits per heavy atom. The predicted molar refractivity (Wildman–Crippen MR) is 145 cm³/mol. The molecule has 2 aliphatic rings. The summed E-state index contributed by atoms with van der Waals surface area (Å²) >= 11 is 0. The molecule has 4 atom stereocenters. The highest BCUT2D eigenvalue weighted by atomic mass is 16.6. The minimum absolute atomic E-state index is 0.298. The van der Waals surface area contributed by atoms with Crippen LogP contribution in [0, 0.1) is 12.8 Å². The second-order valence-corrected chi connectivity index (χ2v) is 11.3. The van der Waals surface area contributed by atoms with Gasteiger partial charge in [-0.1, -0.05) is 6.07 Å². The summed E-state index contributed by atoms with van der Waals surface area (Å²) < 4.78 is 7.99. The number of nitrogens with zero attached hydrogens (tertiary/aromatic N) is 5. The molecule has 6 rings (SSSR count). The molecule has 5 N–H and O–H groups in total. The van der Waals surface area contributed by atoms with Crippen molar-refractivity contribution in [3.63, 3.8) is 0 Å². The topological polar surface area (TPSA) is 138 Å². The molecular formula is C28H37N7O3. The van der Waals surface area contributed by atoms with Crippen molar-refractivity contribution >= 4 is 27.9 Å². The quantitative estimate of drug-likeness (QED) is 0.279. The molecule has 1 saturated heterocycles. The van der Waals surface area contributed by atoms with E-state index in [1.807, 2.05) is 6.07 Å². The zero-order chi connectivity index (χ0) is 26.6. The summed E-state index contributed by atoms with van der Waals surface area (Å²) in [4.78, 5) is 19.0. The maximum Gasteiger partial charge on any atom is 0.164 e. The lowest BCUT2D eigenvalue weighted by atomic mass is 9.76. The third-order valence-electron chi connectivity index (χ3n) is 8.36. The van der Waals surface area contributed by atoms with Crippen molar-refractivity contribution in [2.75, 3.05) is 12.3 Å². The van der Waals surface area contributed by atoms with Gasteiger partial charge < -0.3 is 30.2 Å². The van der Waals surface area contributed by atoms with Crippen molar-refractivity contribution in [2.45, 2.75) is 83.1 Å². The van der Waals surface area contributed by atoms with Gasteiger partial charge in [0.05, 0.1) is 16.4 Å². The number of imidazole rings is 1. The van der Waals surface area contributed by atoms with E-state index in [-0.39, 0.29) is 0 Å². The third kappa shape index (κ3) is 4.55. The van der Waals surface area contributed by atoms with E-state index in [4.69, 9.17) is 15.5 Å². The monoisotopic (exact) mass is 519 g/mol. The Morgan fingerprint density at radius 2 is 2.00 bits per heavy atom. The first kappa shape index (κ1) is 25.2. The molecule has 4 heterocycles. The first-order chi connectivity index (χ1) is 18.3. The van der Waals surface area contributed by atoms with E-state index >= 15 is 0 Å². The Kier molecular flexibility index (Phi) is 6.59. The maximum absolute atomic E-state index is 10.9. The van der Waals surface area contributed by atoms with Gasteiger partial charge in [-0.15, -0.1) is 0 Å². The Bertz CT molecular complexity index is 1430. The molecule has 1 aliphatic carbocycles. The van der Waals surface area contributed by atoms with Crippen LogP contribution in [-0.4, -0.2) is 76.6 Å². The number of aliphatic hydroxyl groups excluding tert-OH is 2. The Labute approximate surface area is 221 Å². The standard InChI is InChI=1S/C28H37N7O3/c1-15(2)35(18-11-17(12-18)5-7-23-32-20-6-4-16(3)10-21(20)33-23)13-22-24(36)25(37)28(38-22)34-9-8-19-26(29)30-14-31-27(19)34/h4,6,8-10,14-15,17-18,22,24-25,28,36-37H,5,7,11-13H2,1-3H3,(H,32,33)(H2,29,30,31)/t17?,18?,22-,24-,25-,28-/m1/s1. The number of nitrogens with one attached hydrogen (secondary N) is 1. The number of nitrogen functional groups attached to an aromatic ring is 1. The van der Waals surface area contributed by atoms with Gasteiger partial charge in [0, 0.05) is 31.2 Å². The van der Waals surface area contributed by atoms with Crippen LogP contribution in [-0.2, 0) is 11.2 Å². The van der Waals surface area contributed by atoms with E-state index in [9.17, 15) is 10.2 Å². The highest BCUT2D eigenvalue weighted by Crippen LogP contribution is 2.38. The van der Waals surface area contributed by atoms with Crippen LogP contribution >= 0.6 is 0 Å². The lowest BCUT2D eigenvalue weighted by Gasteiger charge is -2.46. The molecule has 3 aromatic heterocycles. The van der Waals surface area contributed by atoms with E-state index in [0.717, 1.165) is 42.5 Å².